The average molecular weight is 380 g/mol. The number of benzene rings is 1. The number of ether oxygens (including phenoxy) is 1. The van der Waals surface area contributed by atoms with Crippen molar-refractivity contribution in [2.75, 3.05) is 7.11 Å². The van der Waals surface area contributed by atoms with Gasteiger partial charge in [0.1, 0.15) is 5.75 Å². The highest BCUT2D eigenvalue weighted by atomic mass is 16.5. The smallest absolute Gasteiger partial charge is 0.290 e. The first-order valence-corrected chi connectivity index (χ1v) is 9.05. The molecule has 0 aliphatic carbocycles. The zero-order valence-corrected chi connectivity index (χ0v) is 16.5. The Balaban J connectivity index is 2.11. The summed E-state index contributed by atoms with van der Waals surface area (Å²) in [4.78, 5) is 31.6. The molecule has 1 unspecified atom stereocenters. The van der Waals surface area contributed by atoms with Crippen molar-refractivity contribution in [2.24, 2.45) is 5.41 Å². The fourth-order valence-corrected chi connectivity index (χ4v) is 3.30. The second-order valence-corrected chi connectivity index (χ2v) is 7.81. The highest BCUT2D eigenvalue weighted by molar-refractivity contribution is 6.10. The van der Waals surface area contributed by atoms with Crippen LogP contribution >= 0.6 is 0 Å². The van der Waals surface area contributed by atoms with Gasteiger partial charge in [0.15, 0.2) is 11.5 Å². The van der Waals surface area contributed by atoms with Gasteiger partial charge in [-0.1, -0.05) is 39.0 Å². The van der Waals surface area contributed by atoms with Crippen LogP contribution in [0.5, 0.6) is 5.75 Å². The summed E-state index contributed by atoms with van der Waals surface area (Å²) < 4.78 is 5.31. The van der Waals surface area contributed by atoms with Crippen molar-refractivity contribution in [1.82, 2.24) is 9.88 Å². The van der Waals surface area contributed by atoms with Gasteiger partial charge in [0.05, 0.1) is 18.7 Å². The second-order valence-electron chi connectivity index (χ2n) is 7.81. The fourth-order valence-electron chi connectivity index (χ4n) is 3.30. The lowest BCUT2D eigenvalue weighted by atomic mass is 9.82. The molecular weight excluding hydrogens is 356 g/mol. The van der Waals surface area contributed by atoms with Crippen LogP contribution in [0.2, 0.25) is 0 Å². The van der Waals surface area contributed by atoms with Crippen molar-refractivity contribution in [2.45, 2.75) is 33.4 Å². The minimum Gasteiger partial charge on any atom is -0.503 e. The molecule has 1 atom stereocenters. The Labute approximate surface area is 164 Å². The largest absolute Gasteiger partial charge is 0.503 e. The van der Waals surface area contributed by atoms with Crippen molar-refractivity contribution >= 4 is 11.7 Å². The van der Waals surface area contributed by atoms with Gasteiger partial charge in [-0.2, -0.15) is 0 Å². The number of pyridine rings is 1. The molecule has 3 rings (SSSR count). The molecule has 0 radical (unpaired) electrons. The molecular formula is C22H24N2O4. The lowest BCUT2D eigenvalue weighted by Gasteiger charge is -2.29. The third kappa shape index (κ3) is 3.63. The third-order valence-corrected chi connectivity index (χ3v) is 4.71. The number of amides is 1. The van der Waals surface area contributed by atoms with E-state index in [2.05, 4.69) is 4.98 Å². The van der Waals surface area contributed by atoms with E-state index < -0.39 is 23.1 Å². The van der Waals surface area contributed by atoms with Crippen LogP contribution in [0.4, 0.5) is 0 Å². The molecule has 1 amide bonds. The molecule has 1 aromatic heterocycles. The van der Waals surface area contributed by atoms with Crippen LogP contribution in [0.15, 0.2) is 60.1 Å². The van der Waals surface area contributed by atoms with E-state index >= 15 is 0 Å². The number of carbonyl (C=O) groups is 2. The van der Waals surface area contributed by atoms with Crippen molar-refractivity contribution < 1.29 is 19.4 Å². The van der Waals surface area contributed by atoms with E-state index in [0.29, 0.717) is 11.3 Å². The quantitative estimate of drug-likeness (QED) is 0.857. The van der Waals surface area contributed by atoms with Gasteiger partial charge >= 0.3 is 0 Å². The van der Waals surface area contributed by atoms with E-state index in [-0.39, 0.29) is 17.9 Å². The lowest BCUT2D eigenvalue weighted by molar-refractivity contribution is -0.130. The minimum absolute atomic E-state index is 0.120. The molecule has 0 spiro atoms. The number of aromatic nitrogens is 1. The van der Waals surface area contributed by atoms with Crippen LogP contribution in [0, 0.1) is 5.41 Å². The Bertz CT molecular complexity index is 929. The van der Waals surface area contributed by atoms with E-state index in [9.17, 15) is 14.7 Å². The van der Waals surface area contributed by atoms with Crippen molar-refractivity contribution in [3.05, 3.63) is 71.3 Å². The fraction of sp³-hybridized carbons (Fsp3) is 0.318. The number of hydrogen-bond acceptors (Lipinski definition) is 5. The van der Waals surface area contributed by atoms with Gasteiger partial charge in [0, 0.05) is 24.4 Å². The van der Waals surface area contributed by atoms with Crippen LogP contribution < -0.4 is 4.74 Å². The van der Waals surface area contributed by atoms with Gasteiger partial charge in [0.2, 0.25) is 0 Å². The Morgan fingerprint density at radius 3 is 2.61 bits per heavy atom. The average Bonchev–Trinajstić information content (AvgIpc) is 2.92. The number of aliphatic hydroxyl groups excluding tert-OH is 1. The van der Waals surface area contributed by atoms with Crippen molar-refractivity contribution in [3.63, 3.8) is 0 Å². The molecule has 146 valence electrons. The zero-order chi connectivity index (χ0) is 20.5. The van der Waals surface area contributed by atoms with Gasteiger partial charge in [-0.15, -0.1) is 0 Å². The molecule has 0 saturated carbocycles. The summed E-state index contributed by atoms with van der Waals surface area (Å²) >= 11 is 0. The summed E-state index contributed by atoms with van der Waals surface area (Å²) in [5.74, 6) is -0.707. The summed E-state index contributed by atoms with van der Waals surface area (Å²) in [5, 5.41) is 10.6. The molecule has 1 N–H and O–H groups in total. The molecule has 0 saturated heterocycles. The van der Waals surface area contributed by atoms with Gasteiger partial charge in [0.25, 0.3) is 5.91 Å². The molecule has 6 nitrogen and oxygen atoms in total. The molecule has 1 aliphatic rings. The number of hydrogen-bond donors (Lipinski definition) is 1. The minimum atomic E-state index is -0.745. The third-order valence-electron chi connectivity index (χ3n) is 4.71. The van der Waals surface area contributed by atoms with Crippen LogP contribution in [0.1, 0.15) is 37.9 Å². The zero-order valence-electron chi connectivity index (χ0n) is 16.5. The summed E-state index contributed by atoms with van der Waals surface area (Å²) in [6, 6.07) is 10.1. The Morgan fingerprint density at radius 2 is 2.00 bits per heavy atom. The summed E-state index contributed by atoms with van der Waals surface area (Å²) in [6.07, 6.45) is 3.32. The number of rotatable bonds is 5. The predicted molar refractivity (Wildman–Crippen MR) is 105 cm³/mol. The summed E-state index contributed by atoms with van der Waals surface area (Å²) in [5.41, 5.74) is 0.884. The maximum Gasteiger partial charge on any atom is 0.290 e. The summed E-state index contributed by atoms with van der Waals surface area (Å²) in [6.45, 7) is 5.53. The molecule has 0 bridgehead atoms. The van der Waals surface area contributed by atoms with E-state index in [4.69, 9.17) is 4.74 Å². The Kier molecular flexibility index (Phi) is 5.23. The summed E-state index contributed by atoms with van der Waals surface area (Å²) in [7, 11) is 1.56. The first-order valence-electron chi connectivity index (χ1n) is 9.05. The van der Waals surface area contributed by atoms with E-state index in [1.165, 1.54) is 4.90 Å². The number of ketones is 1. The van der Waals surface area contributed by atoms with E-state index in [1.807, 2.05) is 12.1 Å². The molecule has 2 heterocycles. The van der Waals surface area contributed by atoms with Crippen LogP contribution in [-0.2, 0) is 16.1 Å². The lowest BCUT2D eigenvalue weighted by Crippen LogP contribution is -2.32. The maximum absolute atomic E-state index is 13.1. The highest BCUT2D eigenvalue weighted by Gasteiger charge is 2.46. The number of nitrogens with zero attached hydrogens (tertiary/aromatic N) is 2. The van der Waals surface area contributed by atoms with Crippen LogP contribution in [-0.4, -0.2) is 33.8 Å². The monoisotopic (exact) mass is 380 g/mol. The number of methoxy groups -OCH3 is 1. The number of Topliss-reactive ketones (excluding diaryl/α,β-unsaturated/α-hetero) is 1. The molecule has 1 aromatic carbocycles. The molecule has 0 fully saturated rings. The first kappa shape index (κ1) is 19.6. The van der Waals surface area contributed by atoms with E-state index in [1.54, 1.807) is 64.5 Å². The second kappa shape index (κ2) is 7.46. The first-order chi connectivity index (χ1) is 13.2. The van der Waals surface area contributed by atoms with Crippen molar-refractivity contribution in [1.29, 1.82) is 0 Å². The topological polar surface area (TPSA) is 79.7 Å². The van der Waals surface area contributed by atoms with Crippen LogP contribution in [0.3, 0.4) is 0 Å². The van der Waals surface area contributed by atoms with Crippen LogP contribution in [0.25, 0.3) is 0 Å². The van der Waals surface area contributed by atoms with Crippen molar-refractivity contribution in [3.8, 4) is 5.75 Å². The van der Waals surface area contributed by atoms with Gasteiger partial charge in [-0.3, -0.25) is 14.6 Å². The predicted octanol–water partition coefficient (Wildman–Crippen LogP) is 3.60. The number of carbonyl (C=O) groups excluding carboxylic acids is 2. The SMILES string of the molecule is COc1cccc(C2C(C(=O)C(C)(C)C)=C(O)C(=O)N2Cc2cccnc2)c1. The standard InChI is InChI=1S/C22H24N2O4/c1-22(2,3)20(26)17-18(15-8-5-9-16(11-15)28-4)24(21(27)19(17)25)13-14-7-6-10-23-12-14/h5-12,18,25H,13H2,1-4H3. The molecule has 6 heteroatoms. The Morgan fingerprint density at radius 1 is 1.25 bits per heavy atom. The normalized spacial score (nSPS) is 17.2. The van der Waals surface area contributed by atoms with Gasteiger partial charge in [-0.05, 0) is 29.3 Å². The molecule has 2 aromatic rings. The highest BCUT2D eigenvalue weighted by Crippen LogP contribution is 2.42. The Hall–Kier alpha value is -3.15. The maximum atomic E-state index is 13.1. The molecule has 1 aliphatic heterocycles. The van der Waals surface area contributed by atoms with E-state index in [0.717, 1.165) is 5.56 Å². The number of aliphatic hydroxyl groups is 1. The van der Waals surface area contributed by atoms with Gasteiger partial charge in [-0.25, -0.2) is 0 Å². The molecule has 28 heavy (non-hydrogen) atoms. The van der Waals surface area contributed by atoms with Gasteiger partial charge < -0.3 is 14.7 Å².